The minimum atomic E-state index is -0.595. The van der Waals surface area contributed by atoms with E-state index in [-0.39, 0.29) is 25.0 Å². The van der Waals surface area contributed by atoms with Crippen LogP contribution in [0.2, 0.25) is 0 Å². The molecule has 0 aliphatic heterocycles. The van der Waals surface area contributed by atoms with Crippen LogP contribution in [0.5, 0.6) is 11.5 Å². The Kier molecular flexibility index (Phi) is 8.34. The number of aromatic hydroxyl groups is 1. The van der Waals surface area contributed by atoms with Crippen molar-refractivity contribution in [3.63, 3.8) is 0 Å². The second-order valence-corrected chi connectivity index (χ2v) is 8.74. The Labute approximate surface area is 182 Å². The van der Waals surface area contributed by atoms with Gasteiger partial charge < -0.3 is 20.3 Å². The van der Waals surface area contributed by atoms with Crippen LogP contribution >= 0.6 is 31.9 Å². The molecule has 0 saturated heterocycles. The van der Waals surface area contributed by atoms with Gasteiger partial charge in [0.25, 0.3) is 5.91 Å². The molecule has 2 aromatic carbocycles. The molecule has 3 N–H and O–H groups in total. The Morgan fingerprint density at radius 2 is 1.79 bits per heavy atom. The van der Waals surface area contributed by atoms with Gasteiger partial charge in [-0.05, 0) is 54.2 Å². The van der Waals surface area contributed by atoms with Crippen molar-refractivity contribution < 1.29 is 19.7 Å². The molecule has 0 aliphatic rings. The highest BCUT2D eigenvalue weighted by Crippen LogP contribution is 2.34. The smallest absolute Gasteiger partial charge is 0.258 e. The number of phenols is 1. The molecule has 1 atom stereocenters. The molecular weight excluding hydrogens is 490 g/mol. The summed E-state index contributed by atoms with van der Waals surface area (Å²) in [5.41, 5.74) is 3.06. The van der Waals surface area contributed by atoms with Crippen LogP contribution in [0.15, 0.2) is 39.3 Å². The van der Waals surface area contributed by atoms with E-state index in [1.54, 1.807) is 13.0 Å². The fourth-order valence-electron chi connectivity index (χ4n) is 2.67. The number of carbonyl (C=O) groups is 1. The normalized spacial score (nSPS) is 12.1. The minimum Gasteiger partial charge on any atom is -0.508 e. The van der Waals surface area contributed by atoms with Crippen LogP contribution in [-0.4, -0.2) is 35.4 Å². The van der Waals surface area contributed by atoms with E-state index in [0.717, 1.165) is 25.6 Å². The SMILES string of the molecule is CC(C)c1cc(Cc2c(Br)cc(OCC(=O)NC[C@H](C)O)cc2Br)ccc1O. The molecule has 1 amide bonds. The molecule has 28 heavy (non-hydrogen) atoms. The van der Waals surface area contributed by atoms with Crippen molar-refractivity contribution in [1.82, 2.24) is 5.32 Å². The largest absolute Gasteiger partial charge is 0.508 e. The highest BCUT2D eigenvalue weighted by molar-refractivity contribution is 9.11. The zero-order valence-electron chi connectivity index (χ0n) is 16.1. The molecular formula is C21H25Br2NO4. The Balaban J connectivity index is 2.10. The summed E-state index contributed by atoms with van der Waals surface area (Å²) in [6.45, 7) is 5.77. The second kappa shape index (κ2) is 10.3. The first-order valence-electron chi connectivity index (χ1n) is 9.04. The number of aliphatic hydroxyl groups is 1. The van der Waals surface area contributed by atoms with Crippen LogP contribution in [0.3, 0.4) is 0 Å². The lowest BCUT2D eigenvalue weighted by molar-refractivity contribution is -0.123. The second-order valence-electron chi connectivity index (χ2n) is 7.03. The number of hydrogen-bond acceptors (Lipinski definition) is 4. The molecule has 0 spiro atoms. The fourth-order valence-corrected chi connectivity index (χ4v) is 4.10. The Hall–Kier alpha value is -1.57. The first-order chi connectivity index (χ1) is 13.2. The summed E-state index contributed by atoms with van der Waals surface area (Å²) in [5, 5.41) is 21.8. The van der Waals surface area contributed by atoms with Gasteiger partial charge in [0.1, 0.15) is 11.5 Å². The van der Waals surface area contributed by atoms with Crippen LogP contribution in [0.25, 0.3) is 0 Å². The number of ether oxygens (including phenoxy) is 1. The van der Waals surface area contributed by atoms with E-state index in [1.807, 2.05) is 38.1 Å². The zero-order chi connectivity index (χ0) is 20.8. The van der Waals surface area contributed by atoms with Gasteiger partial charge in [0, 0.05) is 15.5 Å². The molecule has 0 bridgehead atoms. The van der Waals surface area contributed by atoms with Crippen LogP contribution in [-0.2, 0) is 11.2 Å². The van der Waals surface area contributed by atoms with E-state index >= 15 is 0 Å². The summed E-state index contributed by atoms with van der Waals surface area (Å²) in [6, 6.07) is 9.32. The number of hydrogen-bond donors (Lipinski definition) is 3. The fraction of sp³-hybridized carbons (Fsp3) is 0.381. The molecule has 0 aromatic heterocycles. The predicted molar refractivity (Wildman–Crippen MR) is 117 cm³/mol. The van der Waals surface area contributed by atoms with Crippen LogP contribution in [0.1, 0.15) is 43.4 Å². The molecule has 0 radical (unpaired) electrons. The number of carbonyl (C=O) groups excluding carboxylic acids is 1. The predicted octanol–water partition coefficient (Wildman–Crippen LogP) is 4.51. The van der Waals surface area contributed by atoms with E-state index in [4.69, 9.17) is 4.74 Å². The molecule has 0 fully saturated rings. The van der Waals surface area contributed by atoms with Crippen LogP contribution in [0, 0.1) is 0 Å². The van der Waals surface area contributed by atoms with E-state index in [1.165, 1.54) is 0 Å². The van der Waals surface area contributed by atoms with Crippen molar-refractivity contribution in [2.45, 2.75) is 39.2 Å². The number of amides is 1. The maximum atomic E-state index is 11.7. The number of phenolic OH excluding ortho intramolecular Hbond substituents is 1. The quantitative estimate of drug-likeness (QED) is 0.484. The molecule has 0 aliphatic carbocycles. The summed E-state index contributed by atoms with van der Waals surface area (Å²) in [4.78, 5) is 11.7. The maximum absolute atomic E-state index is 11.7. The topological polar surface area (TPSA) is 78.8 Å². The van der Waals surface area contributed by atoms with Gasteiger partial charge in [-0.1, -0.05) is 57.8 Å². The Morgan fingerprint density at radius 1 is 1.14 bits per heavy atom. The molecule has 2 rings (SSSR count). The van der Waals surface area contributed by atoms with E-state index < -0.39 is 6.10 Å². The van der Waals surface area contributed by atoms with Gasteiger partial charge in [0.2, 0.25) is 0 Å². The van der Waals surface area contributed by atoms with Crippen molar-refractivity contribution in [1.29, 1.82) is 0 Å². The van der Waals surface area contributed by atoms with Crippen molar-refractivity contribution >= 4 is 37.8 Å². The van der Waals surface area contributed by atoms with Crippen molar-refractivity contribution in [3.8, 4) is 11.5 Å². The summed E-state index contributed by atoms with van der Waals surface area (Å²) in [6.07, 6.45) is 0.0821. The lowest BCUT2D eigenvalue weighted by atomic mass is 9.96. The lowest BCUT2D eigenvalue weighted by Gasteiger charge is -2.14. The van der Waals surface area contributed by atoms with E-state index in [9.17, 15) is 15.0 Å². The molecule has 0 heterocycles. The summed E-state index contributed by atoms with van der Waals surface area (Å²) < 4.78 is 7.27. The third-order valence-electron chi connectivity index (χ3n) is 4.17. The Morgan fingerprint density at radius 3 is 2.36 bits per heavy atom. The van der Waals surface area contributed by atoms with E-state index in [0.29, 0.717) is 17.9 Å². The average molecular weight is 515 g/mol. The molecule has 152 valence electrons. The molecule has 2 aromatic rings. The Bertz CT molecular complexity index is 814. The lowest BCUT2D eigenvalue weighted by Crippen LogP contribution is -2.34. The zero-order valence-corrected chi connectivity index (χ0v) is 19.3. The molecule has 0 saturated carbocycles. The summed E-state index contributed by atoms with van der Waals surface area (Å²) >= 11 is 7.16. The number of benzene rings is 2. The highest BCUT2D eigenvalue weighted by atomic mass is 79.9. The van der Waals surface area contributed by atoms with Crippen LogP contribution in [0.4, 0.5) is 0 Å². The number of halogens is 2. The number of nitrogens with one attached hydrogen (secondary N) is 1. The third-order valence-corrected chi connectivity index (χ3v) is 5.59. The van der Waals surface area contributed by atoms with Gasteiger partial charge in [-0.3, -0.25) is 4.79 Å². The highest BCUT2D eigenvalue weighted by Gasteiger charge is 2.13. The van der Waals surface area contributed by atoms with Crippen molar-refractivity contribution in [2.75, 3.05) is 13.2 Å². The van der Waals surface area contributed by atoms with Gasteiger partial charge in [-0.25, -0.2) is 0 Å². The third kappa shape index (κ3) is 6.50. The first kappa shape index (κ1) is 22.7. The average Bonchev–Trinajstić information content (AvgIpc) is 2.62. The molecule has 5 nitrogen and oxygen atoms in total. The first-order valence-corrected chi connectivity index (χ1v) is 10.6. The molecule has 7 heteroatoms. The summed E-state index contributed by atoms with van der Waals surface area (Å²) in [7, 11) is 0. The van der Waals surface area contributed by atoms with Gasteiger partial charge in [0.05, 0.1) is 6.10 Å². The van der Waals surface area contributed by atoms with Gasteiger partial charge >= 0.3 is 0 Å². The van der Waals surface area contributed by atoms with Gasteiger partial charge in [0.15, 0.2) is 6.61 Å². The maximum Gasteiger partial charge on any atom is 0.258 e. The number of aliphatic hydroxyl groups excluding tert-OH is 1. The molecule has 0 unspecified atom stereocenters. The standard InChI is InChI=1S/C21H25Br2NO4/c1-12(2)16-6-14(4-5-20(16)26)7-17-18(22)8-15(9-19(17)23)28-11-21(27)24-10-13(3)25/h4-6,8-9,12-13,25-26H,7,10-11H2,1-3H3,(H,24,27)/t13-/m0/s1. The van der Waals surface area contributed by atoms with Gasteiger partial charge in [-0.2, -0.15) is 0 Å². The van der Waals surface area contributed by atoms with Crippen molar-refractivity contribution in [3.05, 3.63) is 56.0 Å². The van der Waals surface area contributed by atoms with Crippen LogP contribution < -0.4 is 10.1 Å². The van der Waals surface area contributed by atoms with Gasteiger partial charge in [-0.15, -0.1) is 0 Å². The number of rotatable bonds is 8. The van der Waals surface area contributed by atoms with E-state index in [2.05, 4.69) is 37.2 Å². The van der Waals surface area contributed by atoms with Crippen molar-refractivity contribution in [2.24, 2.45) is 0 Å². The summed E-state index contributed by atoms with van der Waals surface area (Å²) in [5.74, 6) is 0.822. The minimum absolute atomic E-state index is 0.124. The monoisotopic (exact) mass is 513 g/mol.